The summed E-state index contributed by atoms with van der Waals surface area (Å²) in [6.45, 7) is 1.80. The van der Waals surface area contributed by atoms with Crippen molar-refractivity contribution in [3.05, 3.63) is 60.1 Å². The standard InChI is InChI=1S/C18H24N4O2/c1-19-18(20-11-9-16-8-5-13-24-16)21-12-10-17(23)22-14-15-6-3-2-4-7-15/h2-8,13H,9-12,14H2,1H3,(H,22,23)(H2,19,20,21). The van der Waals surface area contributed by atoms with Crippen molar-refractivity contribution in [2.24, 2.45) is 4.99 Å². The van der Waals surface area contributed by atoms with Crippen molar-refractivity contribution in [2.75, 3.05) is 20.1 Å². The van der Waals surface area contributed by atoms with Crippen molar-refractivity contribution in [1.82, 2.24) is 16.0 Å². The highest BCUT2D eigenvalue weighted by atomic mass is 16.3. The van der Waals surface area contributed by atoms with Gasteiger partial charge in [-0.05, 0) is 17.7 Å². The summed E-state index contributed by atoms with van der Waals surface area (Å²) >= 11 is 0. The molecule has 24 heavy (non-hydrogen) atoms. The van der Waals surface area contributed by atoms with Crippen LogP contribution in [0.2, 0.25) is 0 Å². The number of hydrogen-bond donors (Lipinski definition) is 3. The molecule has 0 fully saturated rings. The van der Waals surface area contributed by atoms with Gasteiger partial charge in [-0.2, -0.15) is 0 Å². The molecule has 1 aromatic heterocycles. The van der Waals surface area contributed by atoms with Crippen LogP contribution in [0.25, 0.3) is 0 Å². The summed E-state index contributed by atoms with van der Waals surface area (Å²) in [6, 6.07) is 13.7. The second kappa shape index (κ2) is 10.1. The molecule has 1 aromatic carbocycles. The number of hydrogen-bond acceptors (Lipinski definition) is 3. The van der Waals surface area contributed by atoms with Crippen molar-refractivity contribution in [3.8, 4) is 0 Å². The maximum absolute atomic E-state index is 11.8. The summed E-state index contributed by atoms with van der Waals surface area (Å²) in [7, 11) is 1.71. The van der Waals surface area contributed by atoms with Gasteiger partial charge >= 0.3 is 0 Å². The maximum Gasteiger partial charge on any atom is 0.222 e. The van der Waals surface area contributed by atoms with Gasteiger partial charge in [0.1, 0.15) is 5.76 Å². The maximum atomic E-state index is 11.8. The second-order valence-corrected chi connectivity index (χ2v) is 5.27. The van der Waals surface area contributed by atoms with Crippen LogP contribution < -0.4 is 16.0 Å². The number of carbonyl (C=O) groups is 1. The molecule has 2 rings (SSSR count). The van der Waals surface area contributed by atoms with E-state index in [0.717, 1.165) is 17.7 Å². The molecule has 0 saturated carbocycles. The molecule has 1 heterocycles. The normalized spacial score (nSPS) is 11.1. The lowest BCUT2D eigenvalue weighted by Gasteiger charge is -2.11. The number of furan rings is 1. The Hall–Kier alpha value is -2.76. The van der Waals surface area contributed by atoms with Gasteiger partial charge in [-0.1, -0.05) is 30.3 Å². The monoisotopic (exact) mass is 328 g/mol. The third-order valence-electron chi connectivity index (χ3n) is 3.44. The quantitative estimate of drug-likeness (QED) is 0.509. The summed E-state index contributed by atoms with van der Waals surface area (Å²) in [5, 5.41) is 9.21. The Balaban J connectivity index is 1.58. The van der Waals surface area contributed by atoms with Gasteiger partial charge in [0.15, 0.2) is 5.96 Å². The molecule has 0 atom stereocenters. The highest BCUT2D eigenvalue weighted by Crippen LogP contribution is 1.99. The van der Waals surface area contributed by atoms with Crippen molar-refractivity contribution in [3.63, 3.8) is 0 Å². The predicted octanol–water partition coefficient (Wildman–Crippen LogP) is 1.69. The Morgan fingerprint density at radius 1 is 1.04 bits per heavy atom. The Labute approximate surface area is 142 Å². The molecule has 0 aliphatic heterocycles. The zero-order valence-corrected chi connectivity index (χ0v) is 13.9. The minimum atomic E-state index is 0.0115. The number of nitrogens with one attached hydrogen (secondary N) is 3. The Morgan fingerprint density at radius 2 is 1.83 bits per heavy atom. The average molecular weight is 328 g/mol. The van der Waals surface area contributed by atoms with Crippen LogP contribution in [0, 0.1) is 0 Å². The van der Waals surface area contributed by atoms with Crippen LogP contribution in [0.1, 0.15) is 17.7 Å². The van der Waals surface area contributed by atoms with Crippen LogP contribution in [0.3, 0.4) is 0 Å². The van der Waals surface area contributed by atoms with E-state index in [-0.39, 0.29) is 5.91 Å². The molecule has 2 aromatic rings. The van der Waals surface area contributed by atoms with Crippen molar-refractivity contribution >= 4 is 11.9 Å². The lowest BCUT2D eigenvalue weighted by atomic mass is 10.2. The van der Waals surface area contributed by atoms with Crippen LogP contribution in [0.5, 0.6) is 0 Å². The first-order chi connectivity index (χ1) is 11.8. The van der Waals surface area contributed by atoms with Crippen LogP contribution >= 0.6 is 0 Å². The van der Waals surface area contributed by atoms with E-state index < -0.39 is 0 Å². The lowest BCUT2D eigenvalue weighted by molar-refractivity contribution is -0.121. The lowest BCUT2D eigenvalue weighted by Crippen LogP contribution is -2.40. The molecule has 0 saturated heterocycles. The van der Waals surface area contributed by atoms with E-state index in [1.807, 2.05) is 42.5 Å². The van der Waals surface area contributed by atoms with Crippen LogP contribution in [0.4, 0.5) is 0 Å². The van der Waals surface area contributed by atoms with E-state index in [9.17, 15) is 4.79 Å². The van der Waals surface area contributed by atoms with Gasteiger partial charge in [0.2, 0.25) is 5.91 Å². The summed E-state index contributed by atoms with van der Waals surface area (Å²) in [5.74, 6) is 1.62. The zero-order chi connectivity index (χ0) is 17.0. The summed E-state index contributed by atoms with van der Waals surface area (Å²) < 4.78 is 5.27. The van der Waals surface area contributed by atoms with E-state index in [1.54, 1.807) is 13.3 Å². The molecule has 0 bridgehead atoms. The summed E-state index contributed by atoms with van der Waals surface area (Å²) in [6.07, 6.45) is 2.84. The smallest absolute Gasteiger partial charge is 0.222 e. The van der Waals surface area contributed by atoms with Crippen LogP contribution in [-0.4, -0.2) is 32.0 Å². The largest absolute Gasteiger partial charge is 0.469 e. The average Bonchev–Trinajstić information content (AvgIpc) is 3.13. The fourth-order valence-corrected chi connectivity index (χ4v) is 2.16. The highest BCUT2D eigenvalue weighted by Gasteiger charge is 2.03. The van der Waals surface area contributed by atoms with Gasteiger partial charge in [0.25, 0.3) is 0 Å². The van der Waals surface area contributed by atoms with E-state index in [1.165, 1.54) is 0 Å². The number of rotatable bonds is 8. The predicted molar refractivity (Wildman–Crippen MR) is 94.7 cm³/mol. The molecule has 0 aliphatic carbocycles. The minimum Gasteiger partial charge on any atom is -0.469 e. The number of aliphatic imine (C=N–C) groups is 1. The number of guanidine groups is 1. The summed E-state index contributed by atoms with van der Waals surface area (Å²) in [4.78, 5) is 16.0. The number of carbonyl (C=O) groups excluding carboxylic acids is 1. The molecule has 0 unspecified atom stereocenters. The second-order valence-electron chi connectivity index (χ2n) is 5.27. The van der Waals surface area contributed by atoms with Gasteiger partial charge in [-0.15, -0.1) is 0 Å². The minimum absolute atomic E-state index is 0.0115. The van der Waals surface area contributed by atoms with E-state index in [4.69, 9.17) is 4.42 Å². The van der Waals surface area contributed by atoms with Crippen molar-refractivity contribution < 1.29 is 9.21 Å². The van der Waals surface area contributed by atoms with E-state index in [0.29, 0.717) is 32.0 Å². The first-order valence-electron chi connectivity index (χ1n) is 8.05. The molecule has 3 N–H and O–H groups in total. The van der Waals surface area contributed by atoms with Crippen LogP contribution in [0.15, 0.2) is 58.1 Å². The number of nitrogens with zero attached hydrogens (tertiary/aromatic N) is 1. The molecule has 0 spiro atoms. The molecular weight excluding hydrogens is 304 g/mol. The molecule has 6 nitrogen and oxygen atoms in total. The first-order valence-corrected chi connectivity index (χ1v) is 8.05. The molecule has 1 amide bonds. The van der Waals surface area contributed by atoms with E-state index >= 15 is 0 Å². The Kier molecular flexibility index (Phi) is 7.40. The van der Waals surface area contributed by atoms with Gasteiger partial charge < -0.3 is 20.4 Å². The molecular formula is C18H24N4O2. The van der Waals surface area contributed by atoms with Crippen molar-refractivity contribution in [2.45, 2.75) is 19.4 Å². The van der Waals surface area contributed by atoms with Gasteiger partial charge in [0, 0.05) is 39.5 Å². The van der Waals surface area contributed by atoms with Gasteiger partial charge in [-0.3, -0.25) is 9.79 Å². The molecule has 0 aliphatic rings. The zero-order valence-electron chi connectivity index (χ0n) is 13.9. The van der Waals surface area contributed by atoms with Crippen LogP contribution in [-0.2, 0) is 17.8 Å². The number of benzene rings is 1. The van der Waals surface area contributed by atoms with Crippen molar-refractivity contribution in [1.29, 1.82) is 0 Å². The van der Waals surface area contributed by atoms with Gasteiger partial charge in [-0.25, -0.2) is 0 Å². The molecule has 128 valence electrons. The third-order valence-corrected chi connectivity index (χ3v) is 3.44. The first kappa shape index (κ1) is 17.6. The van der Waals surface area contributed by atoms with Gasteiger partial charge in [0.05, 0.1) is 6.26 Å². The fourth-order valence-electron chi connectivity index (χ4n) is 2.16. The Bertz CT molecular complexity index is 624. The SMILES string of the molecule is CN=C(NCCC(=O)NCc1ccccc1)NCCc1ccco1. The molecule has 6 heteroatoms. The highest BCUT2D eigenvalue weighted by molar-refractivity contribution is 5.81. The van der Waals surface area contributed by atoms with E-state index in [2.05, 4.69) is 20.9 Å². The topological polar surface area (TPSA) is 78.7 Å². The molecule has 0 radical (unpaired) electrons. The fraction of sp³-hybridized carbons (Fsp3) is 0.333. The Morgan fingerprint density at radius 3 is 2.54 bits per heavy atom. The number of amides is 1. The third kappa shape index (κ3) is 6.56. The summed E-state index contributed by atoms with van der Waals surface area (Å²) in [5.41, 5.74) is 1.09.